The zero-order valence-corrected chi connectivity index (χ0v) is 14.9. The fourth-order valence-electron chi connectivity index (χ4n) is 4.64. The van der Waals surface area contributed by atoms with E-state index >= 15 is 0 Å². The van der Waals surface area contributed by atoms with E-state index in [9.17, 15) is 18.3 Å². The zero-order chi connectivity index (χ0) is 19.1. The van der Waals surface area contributed by atoms with E-state index in [-0.39, 0.29) is 11.7 Å². The van der Waals surface area contributed by atoms with Crippen molar-refractivity contribution in [2.24, 2.45) is 0 Å². The topological polar surface area (TPSA) is 42.4 Å². The molecule has 3 nitrogen and oxygen atoms in total. The summed E-state index contributed by atoms with van der Waals surface area (Å²) >= 11 is 0. The van der Waals surface area contributed by atoms with Crippen molar-refractivity contribution in [2.45, 2.75) is 62.3 Å². The molecule has 1 aromatic carbocycles. The van der Waals surface area contributed by atoms with Gasteiger partial charge in [-0.3, -0.25) is 4.98 Å². The van der Waals surface area contributed by atoms with Crippen LogP contribution in [-0.4, -0.2) is 22.6 Å². The number of aryl methyl sites for hydroxylation is 1. The van der Waals surface area contributed by atoms with E-state index in [1.807, 2.05) is 6.07 Å². The number of hydrogen-bond donors (Lipinski definition) is 1. The maximum atomic E-state index is 12.4. The molecule has 0 aliphatic heterocycles. The summed E-state index contributed by atoms with van der Waals surface area (Å²) in [6, 6.07) is 9.98. The second-order valence-electron chi connectivity index (χ2n) is 7.57. The number of nitrogens with zero attached hydrogens (tertiary/aromatic N) is 1. The van der Waals surface area contributed by atoms with Gasteiger partial charge in [0.25, 0.3) is 0 Å². The van der Waals surface area contributed by atoms with E-state index in [4.69, 9.17) is 0 Å². The van der Waals surface area contributed by atoms with Gasteiger partial charge in [0.05, 0.1) is 6.10 Å². The largest absolute Gasteiger partial charge is 0.573 e. The Labute approximate surface area is 156 Å². The van der Waals surface area contributed by atoms with Gasteiger partial charge < -0.3 is 9.84 Å². The molecule has 0 spiro atoms. The molecule has 4 rings (SSSR count). The Hall–Kier alpha value is -2.08. The normalized spacial score (nSPS) is 22.4. The van der Waals surface area contributed by atoms with Crippen molar-refractivity contribution < 1.29 is 23.0 Å². The van der Waals surface area contributed by atoms with Crippen LogP contribution < -0.4 is 4.74 Å². The van der Waals surface area contributed by atoms with E-state index in [1.165, 1.54) is 17.7 Å². The van der Waals surface area contributed by atoms with Crippen molar-refractivity contribution in [3.8, 4) is 5.75 Å². The number of fused-ring (bicyclic) bond motifs is 1. The SMILES string of the molecule is OC(C1CCCc2cccnc21)C1(c2ccc(OC(F)(F)F)cc2)CCC1. The first-order valence-electron chi connectivity index (χ1n) is 9.37. The highest BCUT2D eigenvalue weighted by molar-refractivity contribution is 5.38. The van der Waals surface area contributed by atoms with E-state index in [0.29, 0.717) is 0 Å². The van der Waals surface area contributed by atoms with Crippen molar-refractivity contribution >= 4 is 0 Å². The summed E-state index contributed by atoms with van der Waals surface area (Å²) < 4.78 is 41.2. The lowest BCUT2D eigenvalue weighted by atomic mass is 9.57. The van der Waals surface area contributed by atoms with E-state index < -0.39 is 17.9 Å². The zero-order valence-electron chi connectivity index (χ0n) is 14.9. The van der Waals surface area contributed by atoms with Crippen LogP contribution in [0.4, 0.5) is 13.2 Å². The van der Waals surface area contributed by atoms with Crippen LogP contribution in [-0.2, 0) is 11.8 Å². The summed E-state index contributed by atoms with van der Waals surface area (Å²) in [5.41, 5.74) is 2.61. The molecule has 2 aliphatic rings. The van der Waals surface area contributed by atoms with Gasteiger partial charge in [0.15, 0.2) is 0 Å². The second kappa shape index (κ2) is 6.82. The highest BCUT2D eigenvalue weighted by Gasteiger charge is 2.49. The predicted octanol–water partition coefficient (Wildman–Crippen LogP) is 4.88. The van der Waals surface area contributed by atoms with Crippen LogP contribution in [0.2, 0.25) is 0 Å². The van der Waals surface area contributed by atoms with Crippen LogP contribution in [0.1, 0.15) is 54.8 Å². The highest BCUT2D eigenvalue weighted by Crippen LogP contribution is 2.51. The van der Waals surface area contributed by atoms with Gasteiger partial charge >= 0.3 is 6.36 Å². The van der Waals surface area contributed by atoms with Crippen molar-refractivity contribution in [1.29, 1.82) is 0 Å². The van der Waals surface area contributed by atoms with Crippen LogP contribution in [0.5, 0.6) is 5.75 Å². The molecule has 1 aromatic heterocycles. The van der Waals surface area contributed by atoms with Gasteiger partial charge in [-0.2, -0.15) is 0 Å². The first kappa shape index (κ1) is 18.3. The minimum atomic E-state index is -4.70. The number of aromatic nitrogens is 1. The first-order chi connectivity index (χ1) is 12.9. The lowest BCUT2D eigenvalue weighted by molar-refractivity contribution is -0.274. The van der Waals surface area contributed by atoms with Gasteiger partial charge in [0, 0.05) is 23.2 Å². The fraction of sp³-hybridized carbons (Fsp3) is 0.476. The van der Waals surface area contributed by atoms with Gasteiger partial charge in [-0.15, -0.1) is 13.2 Å². The van der Waals surface area contributed by atoms with E-state index in [1.54, 1.807) is 18.3 Å². The molecule has 1 heterocycles. The van der Waals surface area contributed by atoms with Gasteiger partial charge in [-0.1, -0.05) is 24.6 Å². The molecular formula is C21H22F3NO2. The number of rotatable bonds is 4. The number of ether oxygens (including phenoxy) is 1. The van der Waals surface area contributed by atoms with Crippen molar-refractivity contribution in [3.05, 3.63) is 59.4 Å². The molecule has 2 aliphatic carbocycles. The number of aliphatic hydroxyl groups is 1. The van der Waals surface area contributed by atoms with Crippen molar-refractivity contribution in [2.75, 3.05) is 0 Å². The van der Waals surface area contributed by atoms with Gasteiger partial charge in [0.1, 0.15) is 5.75 Å². The third kappa shape index (κ3) is 3.43. The molecule has 0 radical (unpaired) electrons. The van der Waals surface area contributed by atoms with Crippen LogP contribution in [0.3, 0.4) is 0 Å². The first-order valence-corrected chi connectivity index (χ1v) is 9.37. The van der Waals surface area contributed by atoms with Gasteiger partial charge in [-0.25, -0.2) is 0 Å². The minimum Gasteiger partial charge on any atom is -0.406 e. The summed E-state index contributed by atoms with van der Waals surface area (Å²) in [6.45, 7) is 0. The molecule has 0 amide bonds. The average molecular weight is 377 g/mol. The molecule has 2 unspecified atom stereocenters. The standard InChI is InChI=1S/C21H22F3NO2/c22-21(23,24)27-16-9-7-15(8-10-16)20(11-3-12-20)19(26)17-6-1-4-14-5-2-13-25-18(14)17/h2,5,7-10,13,17,19,26H,1,3-4,6,11-12H2. The van der Waals surface area contributed by atoms with Crippen LogP contribution in [0, 0.1) is 0 Å². The Bertz CT molecular complexity index is 800. The van der Waals surface area contributed by atoms with E-state index in [2.05, 4.69) is 15.8 Å². The molecule has 0 bridgehead atoms. The number of alkyl halides is 3. The molecule has 27 heavy (non-hydrogen) atoms. The summed E-state index contributed by atoms with van der Waals surface area (Å²) in [4.78, 5) is 4.54. The monoisotopic (exact) mass is 377 g/mol. The molecule has 2 aromatic rings. The lowest BCUT2D eigenvalue weighted by Gasteiger charge is -2.49. The number of hydrogen-bond acceptors (Lipinski definition) is 3. The highest BCUT2D eigenvalue weighted by atomic mass is 19.4. The molecular weight excluding hydrogens is 355 g/mol. The smallest absolute Gasteiger partial charge is 0.406 e. The van der Waals surface area contributed by atoms with Crippen LogP contribution in [0.25, 0.3) is 0 Å². The summed E-state index contributed by atoms with van der Waals surface area (Å²) in [7, 11) is 0. The Balaban J connectivity index is 1.61. The molecule has 0 saturated heterocycles. The summed E-state index contributed by atoms with van der Waals surface area (Å²) in [5, 5.41) is 11.3. The van der Waals surface area contributed by atoms with Crippen molar-refractivity contribution in [1.82, 2.24) is 4.98 Å². The fourth-order valence-corrected chi connectivity index (χ4v) is 4.64. The second-order valence-corrected chi connectivity index (χ2v) is 7.57. The van der Waals surface area contributed by atoms with Gasteiger partial charge in [-0.05, 0) is 61.4 Å². The molecule has 6 heteroatoms. The third-order valence-electron chi connectivity index (χ3n) is 6.09. The third-order valence-corrected chi connectivity index (χ3v) is 6.09. The van der Waals surface area contributed by atoms with Crippen molar-refractivity contribution in [3.63, 3.8) is 0 Å². The average Bonchev–Trinajstić information content (AvgIpc) is 2.60. The number of pyridine rings is 1. The molecule has 2 atom stereocenters. The Morgan fingerprint density at radius 1 is 1.11 bits per heavy atom. The summed E-state index contributed by atoms with van der Waals surface area (Å²) in [6.07, 6.45) is 1.97. The maximum Gasteiger partial charge on any atom is 0.573 e. The Kier molecular flexibility index (Phi) is 4.62. The molecule has 144 valence electrons. The Morgan fingerprint density at radius 3 is 2.48 bits per heavy atom. The number of benzene rings is 1. The molecule has 1 saturated carbocycles. The molecule has 1 fully saturated rings. The maximum absolute atomic E-state index is 12.4. The number of halogens is 3. The quantitative estimate of drug-likeness (QED) is 0.826. The van der Waals surface area contributed by atoms with Crippen LogP contribution >= 0.6 is 0 Å². The number of aliphatic hydroxyl groups excluding tert-OH is 1. The van der Waals surface area contributed by atoms with E-state index in [0.717, 1.165) is 49.8 Å². The van der Waals surface area contributed by atoms with Gasteiger partial charge in [0.2, 0.25) is 0 Å². The molecule has 1 N–H and O–H groups in total. The predicted molar refractivity (Wildman–Crippen MR) is 94.6 cm³/mol. The summed E-state index contributed by atoms with van der Waals surface area (Å²) in [5.74, 6) is -0.277. The lowest BCUT2D eigenvalue weighted by Crippen LogP contribution is -2.49. The Morgan fingerprint density at radius 2 is 1.85 bits per heavy atom. The minimum absolute atomic E-state index is 0.0404. The van der Waals surface area contributed by atoms with Crippen LogP contribution in [0.15, 0.2) is 42.6 Å².